The molecule has 1 heterocycles. The van der Waals surface area contributed by atoms with Gasteiger partial charge in [-0.1, -0.05) is 19.1 Å². The van der Waals surface area contributed by atoms with Crippen molar-refractivity contribution in [3.8, 4) is 0 Å². The van der Waals surface area contributed by atoms with Gasteiger partial charge in [0.1, 0.15) is 5.82 Å². The fraction of sp³-hybridized carbons (Fsp3) is 0.231. The molecule has 3 N–H and O–H groups in total. The molecule has 21 heavy (non-hydrogen) atoms. The Kier molecular flexibility index (Phi) is 4.27. The van der Waals surface area contributed by atoms with Gasteiger partial charge in [0.25, 0.3) is 10.0 Å². The summed E-state index contributed by atoms with van der Waals surface area (Å²) in [6, 6.07) is 6.26. The van der Waals surface area contributed by atoms with E-state index < -0.39 is 16.0 Å². The molecule has 0 spiro atoms. The first-order valence-electron chi connectivity index (χ1n) is 6.28. The van der Waals surface area contributed by atoms with E-state index >= 15 is 0 Å². The van der Waals surface area contributed by atoms with Gasteiger partial charge in [-0.25, -0.2) is 4.98 Å². The summed E-state index contributed by atoms with van der Waals surface area (Å²) >= 11 is 0. The van der Waals surface area contributed by atoms with Gasteiger partial charge in [-0.15, -0.1) is 0 Å². The Morgan fingerprint density at radius 3 is 2.81 bits per heavy atom. The van der Waals surface area contributed by atoms with Crippen LogP contribution in [0.2, 0.25) is 0 Å². The average Bonchev–Trinajstić information content (AvgIpc) is 2.87. The van der Waals surface area contributed by atoms with Crippen LogP contribution in [-0.4, -0.2) is 29.5 Å². The Balaban J connectivity index is 2.22. The molecule has 2 rings (SSSR count). The van der Waals surface area contributed by atoms with E-state index in [1.165, 1.54) is 12.3 Å². The standard InChI is InChI=1S/C13H15N3O4S/c1-2-11-14-8-12(15-11)21(19,20)16-10-5-3-4-9(6-10)7-13(17)18/h3-6,8,16H,2,7H2,1H3,(H,14,15)(H,17,18). The van der Waals surface area contributed by atoms with Gasteiger partial charge in [0, 0.05) is 12.1 Å². The van der Waals surface area contributed by atoms with Crippen LogP contribution < -0.4 is 4.72 Å². The molecule has 0 aliphatic carbocycles. The lowest BCUT2D eigenvalue weighted by atomic mass is 10.1. The molecule has 0 radical (unpaired) electrons. The molecule has 0 amide bonds. The van der Waals surface area contributed by atoms with Crippen molar-refractivity contribution in [2.45, 2.75) is 24.8 Å². The smallest absolute Gasteiger partial charge is 0.307 e. The van der Waals surface area contributed by atoms with Crippen molar-refractivity contribution in [1.82, 2.24) is 9.97 Å². The summed E-state index contributed by atoms with van der Waals surface area (Å²) in [7, 11) is -3.76. The Morgan fingerprint density at radius 2 is 2.19 bits per heavy atom. The highest BCUT2D eigenvalue weighted by Gasteiger charge is 2.17. The van der Waals surface area contributed by atoms with Crippen LogP contribution in [0.4, 0.5) is 5.69 Å². The number of carbonyl (C=O) groups is 1. The lowest BCUT2D eigenvalue weighted by Crippen LogP contribution is -2.13. The van der Waals surface area contributed by atoms with E-state index in [1.807, 2.05) is 6.92 Å². The van der Waals surface area contributed by atoms with E-state index in [2.05, 4.69) is 14.7 Å². The molecule has 7 nitrogen and oxygen atoms in total. The minimum Gasteiger partial charge on any atom is -0.481 e. The van der Waals surface area contributed by atoms with Crippen LogP contribution in [0.25, 0.3) is 0 Å². The maximum Gasteiger partial charge on any atom is 0.307 e. The highest BCUT2D eigenvalue weighted by molar-refractivity contribution is 7.92. The van der Waals surface area contributed by atoms with Crippen LogP contribution in [0, 0.1) is 0 Å². The number of nitrogens with zero attached hydrogens (tertiary/aromatic N) is 1. The van der Waals surface area contributed by atoms with Crippen molar-refractivity contribution in [1.29, 1.82) is 0 Å². The molecule has 112 valence electrons. The van der Waals surface area contributed by atoms with Gasteiger partial charge in [-0.05, 0) is 17.7 Å². The zero-order chi connectivity index (χ0) is 15.5. The van der Waals surface area contributed by atoms with Gasteiger partial charge in [0.2, 0.25) is 0 Å². The normalized spacial score (nSPS) is 11.3. The van der Waals surface area contributed by atoms with E-state index in [4.69, 9.17) is 5.11 Å². The topological polar surface area (TPSA) is 112 Å². The molecule has 0 atom stereocenters. The number of hydrogen-bond donors (Lipinski definition) is 3. The number of carboxylic acids is 1. The molecule has 8 heteroatoms. The van der Waals surface area contributed by atoms with E-state index in [0.29, 0.717) is 23.5 Å². The van der Waals surface area contributed by atoms with Crippen molar-refractivity contribution in [2.24, 2.45) is 0 Å². The molecule has 1 aromatic carbocycles. The Labute approximate surface area is 122 Å². The van der Waals surface area contributed by atoms with Crippen molar-refractivity contribution in [3.63, 3.8) is 0 Å². The number of aryl methyl sites for hydroxylation is 1. The quantitative estimate of drug-likeness (QED) is 0.746. The summed E-state index contributed by atoms with van der Waals surface area (Å²) in [5, 5.41) is 8.72. The largest absolute Gasteiger partial charge is 0.481 e. The number of aromatic nitrogens is 2. The van der Waals surface area contributed by atoms with Gasteiger partial charge < -0.3 is 10.1 Å². The maximum atomic E-state index is 12.2. The Hall–Kier alpha value is -2.35. The molecular weight excluding hydrogens is 294 g/mol. The molecule has 0 fully saturated rings. The number of benzene rings is 1. The minimum atomic E-state index is -3.76. The fourth-order valence-electron chi connectivity index (χ4n) is 1.79. The summed E-state index contributed by atoms with van der Waals surface area (Å²) in [5.74, 6) is -0.397. The lowest BCUT2D eigenvalue weighted by molar-refractivity contribution is -0.136. The van der Waals surface area contributed by atoms with Crippen LogP contribution in [-0.2, 0) is 27.7 Å². The van der Waals surface area contributed by atoms with Crippen molar-refractivity contribution < 1.29 is 18.3 Å². The maximum absolute atomic E-state index is 12.2. The van der Waals surface area contributed by atoms with Gasteiger partial charge in [-0.2, -0.15) is 8.42 Å². The fourth-order valence-corrected chi connectivity index (χ4v) is 2.78. The van der Waals surface area contributed by atoms with Crippen LogP contribution >= 0.6 is 0 Å². The number of aliphatic carboxylic acids is 1. The first-order chi connectivity index (χ1) is 9.90. The highest BCUT2D eigenvalue weighted by Crippen LogP contribution is 2.16. The third-order valence-corrected chi connectivity index (χ3v) is 4.06. The molecular formula is C13H15N3O4S. The minimum absolute atomic E-state index is 0.0250. The van der Waals surface area contributed by atoms with Gasteiger partial charge >= 0.3 is 5.97 Å². The Morgan fingerprint density at radius 1 is 1.43 bits per heavy atom. The predicted octanol–water partition coefficient (Wildman–Crippen LogP) is 1.40. The lowest BCUT2D eigenvalue weighted by Gasteiger charge is -2.07. The molecule has 0 saturated heterocycles. The van der Waals surface area contributed by atoms with Crippen molar-refractivity contribution >= 4 is 21.7 Å². The molecule has 1 aromatic heterocycles. The Bertz CT molecular complexity index is 752. The molecule has 2 aromatic rings. The third kappa shape index (κ3) is 3.82. The summed E-state index contributed by atoms with van der Waals surface area (Å²) in [6.07, 6.45) is 1.69. The molecule has 0 saturated carbocycles. The van der Waals surface area contributed by atoms with Gasteiger partial charge in [0.15, 0.2) is 5.03 Å². The summed E-state index contributed by atoms with van der Waals surface area (Å²) in [4.78, 5) is 17.3. The SMILES string of the molecule is CCc1ncc(S(=O)(=O)Nc2cccc(CC(=O)O)c2)[nH]1. The van der Waals surface area contributed by atoms with E-state index in [-0.39, 0.29) is 11.4 Å². The van der Waals surface area contributed by atoms with E-state index in [1.54, 1.807) is 18.2 Å². The van der Waals surface area contributed by atoms with E-state index in [9.17, 15) is 13.2 Å². The first-order valence-corrected chi connectivity index (χ1v) is 7.76. The van der Waals surface area contributed by atoms with E-state index in [0.717, 1.165) is 0 Å². The zero-order valence-corrected chi connectivity index (χ0v) is 12.1. The first kappa shape index (κ1) is 15.0. The van der Waals surface area contributed by atoms with Crippen LogP contribution in [0.3, 0.4) is 0 Å². The highest BCUT2D eigenvalue weighted by atomic mass is 32.2. The molecule has 0 aliphatic rings. The van der Waals surface area contributed by atoms with Crippen molar-refractivity contribution in [3.05, 3.63) is 41.9 Å². The number of H-pyrrole nitrogens is 1. The molecule has 0 unspecified atom stereocenters. The number of sulfonamides is 1. The zero-order valence-electron chi connectivity index (χ0n) is 11.3. The second-order valence-corrected chi connectivity index (χ2v) is 6.07. The number of rotatable bonds is 6. The third-order valence-electron chi connectivity index (χ3n) is 2.76. The van der Waals surface area contributed by atoms with Gasteiger partial charge in [-0.3, -0.25) is 9.52 Å². The van der Waals surface area contributed by atoms with Crippen LogP contribution in [0.15, 0.2) is 35.5 Å². The summed E-state index contributed by atoms with van der Waals surface area (Å²) < 4.78 is 26.7. The summed E-state index contributed by atoms with van der Waals surface area (Å²) in [6.45, 7) is 1.86. The number of carboxylic acid groups (broad SMARTS) is 1. The molecule has 0 aliphatic heterocycles. The predicted molar refractivity (Wildman–Crippen MR) is 76.6 cm³/mol. The monoisotopic (exact) mass is 309 g/mol. The average molecular weight is 309 g/mol. The number of anilines is 1. The van der Waals surface area contributed by atoms with Gasteiger partial charge in [0.05, 0.1) is 12.6 Å². The second-order valence-electron chi connectivity index (χ2n) is 4.42. The number of nitrogens with one attached hydrogen (secondary N) is 2. The van der Waals surface area contributed by atoms with Crippen LogP contribution in [0.5, 0.6) is 0 Å². The second kappa shape index (κ2) is 5.96. The number of aromatic amines is 1. The van der Waals surface area contributed by atoms with Crippen LogP contribution in [0.1, 0.15) is 18.3 Å². The summed E-state index contributed by atoms with van der Waals surface area (Å²) in [5.41, 5.74) is 0.822. The number of hydrogen-bond acceptors (Lipinski definition) is 4. The molecule has 0 bridgehead atoms. The number of imidazole rings is 1. The van der Waals surface area contributed by atoms with Crippen molar-refractivity contribution in [2.75, 3.05) is 4.72 Å².